The Morgan fingerprint density at radius 2 is 1.47 bits per heavy atom. The molecule has 38 heavy (non-hydrogen) atoms. The van der Waals surface area contributed by atoms with Gasteiger partial charge in [-0.25, -0.2) is 9.97 Å². The summed E-state index contributed by atoms with van der Waals surface area (Å²) in [6, 6.07) is 9.44. The first-order valence-corrected chi connectivity index (χ1v) is 14.4. The van der Waals surface area contributed by atoms with Crippen LogP contribution in [0.3, 0.4) is 0 Å². The highest BCUT2D eigenvalue weighted by molar-refractivity contribution is 5.83. The van der Waals surface area contributed by atoms with E-state index in [2.05, 4.69) is 72.7 Å². The van der Waals surface area contributed by atoms with Gasteiger partial charge in [0.25, 0.3) is 0 Å². The molecule has 0 saturated carbocycles. The Morgan fingerprint density at radius 1 is 0.868 bits per heavy atom. The molecule has 1 amide bonds. The molecule has 2 fully saturated rings. The van der Waals surface area contributed by atoms with E-state index in [9.17, 15) is 4.79 Å². The fourth-order valence-corrected chi connectivity index (χ4v) is 6.48. The average Bonchev–Trinajstić information content (AvgIpc) is 3.64. The fourth-order valence-electron chi connectivity index (χ4n) is 6.48. The third kappa shape index (κ3) is 6.18. The predicted molar refractivity (Wildman–Crippen MR) is 149 cm³/mol. The van der Waals surface area contributed by atoms with Crippen molar-refractivity contribution in [3.05, 3.63) is 71.8 Å². The number of aromatic nitrogens is 4. The maximum absolute atomic E-state index is 13.7. The summed E-state index contributed by atoms with van der Waals surface area (Å²) in [4.78, 5) is 36.0. The Bertz CT molecular complexity index is 1080. The number of rotatable bonds is 11. The second-order valence-electron chi connectivity index (χ2n) is 11.2. The van der Waals surface area contributed by atoms with Crippen LogP contribution >= 0.6 is 0 Å². The molecule has 0 atom stereocenters. The van der Waals surface area contributed by atoms with E-state index in [0.717, 1.165) is 63.5 Å². The van der Waals surface area contributed by atoms with Crippen molar-refractivity contribution in [1.29, 1.82) is 0 Å². The van der Waals surface area contributed by atoms with Crippen molar-refractivity contribution in [2.75, 3.05) is 19.6 Å². The number of nitrogens with one attached hydrogen (secondary N) is 2. The van der Waals surface area contributed by atoms with Crippen LogP contribution in [0.4, 0.5) is 0 Å². The number of likely N-dealkylation sites (tertiary alicyclic amines) is 2. The third-order valence-electron chi connectivity index (χ3n) is 8.70. The lowest BCUT2D eigenvalue weighted by Crippen LogP contribution is -2.54. The Hall–Kier alpha value is -2.97. The zero-order chi connectivity index (χ0) is 26.4. The van der Waals surface area contributed by atoms with Gasteiger partial charge < -0.3 is 19.8 Å². The van der Waals surface area contributed by atoms with Gasteiger partial charge in [0, 0.05) is 50.5 Å². The van der Waals surface area contributed by atoms with Crippen LogP contribution in [0, 0.1) is 5.41 Å². The van der Waals surface area contributed by atoms with E-state index in [1.54, 1.807) is 12.4 Å². The number of piperidine rings is 2. The highest BCUT2D eigenvalue weighted by Crippen LogP contribution is 2.42. The van der Waals surface area contributed by atoms with Gasteiger partial charge in [-0.2, -0.15) is 0 Å². The molecule has 8 heteroatoms. The van der Waals surface area contributed by atoms with Crippen molar-refractivity contribution < 1.29 is 4.79 Å². The lowest BCUT2D eigenvalue weighted by Gasteiger charge is -2.48. The lowest BCUT2D eigenvalue weighted by atomic mass is 9.71. The number of amides is 1. The third-order valence-corrected chi connectivity index (χ3v) is 8.70. The molecular weight excluding hydrogens is 474 g/mol. The first-order chi connectivity index (χ1) is 18.6. The molecule has 2 N–H and O–H groups in total. The Kier molecular flexibility index (Phi) is 8.59. The zero-order valence-corrected chi connectivity index (χ0v) is 23.0. The van der Waals surface area contributed by atoms with Crippen molar-refractivity contribution >= 4 is 5.91 Å². The molecule has 2 aliphatic heterocycles. The second kappa shape index (κ2) is 12.3. The minimum absolute atomic E-state index is 0.140. The molecule has 1 spiro atoms. The van der Waals surface area contributed by atoms with Gasteiger partial charge in [0.05, 0.1) is 18.5 Å². The molecule has 0 bridgehead atoms. The van der Waals surface area contributed by atoms with Gasteiger partial charge in [-0.1, -0.05) is 38.1 Å². The van der Waals surface area contributed by atoms with E-state index in [-0.39, 0.29) is 5.41 Å². The van der Waals surface area contributed by atoms with Gasteiger partial charge in [0.1, 0.15) is 11.6 Å². The van der Waals surface area contributed by atoms with Crippen molar-refractivity contribution in [3.8, 4) is 0 Å². The molecule has 2 aromatic heterocycles. The summed E-state index contributed by atoms with van der Waals surface area (Å²) in [5, 5.41) is 0. The summed E-state index contributed by atoms with van der Waals surface area (Å²) in [6.07, 6.45) is 13.9. The standard InChI is InChI=1S/C30H43N7O/c1-3-26(4-2)36-18-11-30(12-19-36)10-5-17-37(29(30)38)21-25-8-6-24(7-9-25)20-35(22-27-31-13-14-32-27)23-28-33-15-16-34-28/h6-9,13-16,26H,3-5,10-12,17-23H2,1-2H3,(H,31,32)(H,33,34). The van der Waals surface area contributed by atoms with E-state index >= 15 is 0 Å². The number of carbonyl (C=O) groups is 1. The van der Waals surface area contributed by atoms with Gasteiger partial charge in [-0.15, -0.1) is 0 Å². The van der Waals surface area contributed by atoms with Crippen molar-refractivity contribution in [2.24, 2.45) is 5.41 Å². The van der Waals surface area contributed by atoms with Gasteiger partial charge in [-0.05, 0) is 62.7 Å². The zero-order valence-electron chi connectivity index (χ0n) is 23.0. The quantitative estimate of drug-likeness (QED) is 0.384. The largest absolute Gasteiger partial charge is 0.348 e. The molecule has 2 aliphatic rings. The van der Waals surface area contributed by atoms with Gasteiger partial charge in [0.2, 0.25) is 5.91 Å². The summed E-state index contributed by atoms with van der Waals surface area (Å²) >= 11 is 0. The second-order valence-corrected chi connectivity index (χ2v) is 11.2. The molecule has 1 aromatic carbocycles. The SMILES string of the molecule is CCC(CC)N1CCC2(CCCN(Cc3ccc(CN(Cc4ncc[nH]4)Cc4ncc[nH]4)cc3)C2=O)CC1. The summed E-state index contributed by atoms with van der Waals surface area (Å²) in [5.41, 5.74) is 2.30. The molecule has 4 heterocycles. The molecule has 0 aliphatic carbocycles. The van der Waals surface area contributed by atoms with Crippen LogP contribution in [0.15, 0.2) is 49.1 Å². The van der Waals surface area contributed by atoms with Crippen LogP contribution in [0.2, 0.25) is 0 Å². The maximum atomic E-state index is 13.7. The molecule has 204 valence electrons. The number of hydrogen-bond acceptors (Lipinski definition) is 5. The predicted octanol–water partition coefficient (Wildman–Crippen LogP) is 4.73. The van der Waals surface area contributed by atoms with E-state index < -0.39 is 0 Å². The van der Waals surface area contributed by atoms with Crippen LogP contribution in [0.5, 0.6) is 0 Å². The number of benzene rings is 1. The number of hydrogen-bond donors (Lipinski definition) is 2. The summed E-state index contributed by atoms with van der Waals surface area (Å²) in [6.45, 7) is 10.5. The van der Waals surface area contributed by atoms with E-state index in [1.165, 1.54) is 24.0 Å². The Labute approximate surface area is 226 Å². The fraction of sp³-hybridized carbons (Fsp3) is 0.567. The molecule has 3 aromatic rings. The van der Waals surface area contributed by atoms with Gasteiger partial charge >= 0.3 is 0 Å². The maximum Gasteiger partial charge on any atom is 0.229 e. The minimum atomic E-state index is -0.140. The first-order valence-electron chi connectivity index (χ1n) is 14.4. The molecule has 5 rings (SSSR count). The van der Waals surface area contributed by atoms with Crippen LogP contribution in [0.25, 0.3) is 0 Å². The van der Waals surface area contributed by atoms with Crippen molar-refractivity contribution in [2.45, 2.75) is 84.6 Å². The first kappa shape index (κ1) is 26.6. The van der Waals surface area contributed by atoms with Crippen LogP contribution in [-0.2, 0) is 31.0 Å². The monoisotopic (exact) mass is 517 g/mol. The van der Waals surface area contributed by atoms with E-state index in [0.29, 0.717) is 31.6 Å². The van der Waals surface area contributed by atoms with Crippen LogP contribution in [-0.4, -0.2) is 66.2 Å². The molecule has 0 unspecified atom stereocenters. The average molecular weight is 518 g/mol. The lowest BCUT2D eigenvalue weighted by molar-refractivity contribution is -0.151. The molecule has 8 nitrogen and oxygen atoms in total. The topological polar surface area (TPSA) is 84.2 Å². The molecule has 0 radical (unpaired) electrons. The Morgan fingerprint density at radius 3 is 2.03 bits per heavy atom. The number of aromatic amines is 2. The number of nitrogens with zero attached hydrogens (tertiary/aromatic N) is 5. The van der Waals surface area contributed by atoms with Crippen molar-refractivity contribution in [1.82, 2.24) is 34.6 Å². The Balaban J connectivity index is 1.19. The highest BCUT2D eigenvalue weighted by Gasteiger charge is 2.46. The van der Waals surface area contributed by atoms with E-state index in [4.69, 9.17) is 0 Å². The van der Waals surface area contributed by atoms with Crippen LogP contribution in [0.1, 0.15) is 75.1 Å². The summed E-state index contributed by atoms with van der Waals surface area (Å²) in [7, 11) is 0. The van der Waals surface area contributed by atoms with Crippen LogP contribution < -0.4 is 0 Å². The van der Waals surface area contributed by atoms with E-state index in [1.807, 2.05) is 12.4 Å². The number of carbonyl (C=O) groups excluding carboxylic acids is 1. The van der Waals surface area contributed by atoms with Gasteiger partial charge in [0.15, 0.2) is 0 Å². The van der Waals surface area contributed by atoms with Crippen molar-refractivity contribution in [3.63, 3.8) is 0 Å². The smallest absolute Gasteiger partial charge is 0.229 e. The summed E-state index contributed by atoms with van der Waals surface area (Å²) in [5.74, 6) is 2.27. The highest BCUT2D eigenvalue weighted by atomic mass is 16.2. The normalized spacial score (nSPS) is 18.2. The summed E-state index contributed by atoms with van der Waals surface area (Å²) < 4.78 is 0. The minimum Gasteiger partial charge on any atom is -0.348 e. The molecular formula is C30H43N7O. The number of imidazole rings is 2. The molecule has 2 saturated heterocycles. The number of H-pyrrole nitrogens is 2. The van der Waals surface area contributed by atoms with Gasteiger partial charge in [-0.3, -0.25) is 9.69 Å².